The molecule has 0 radical (unpaired) electrons. The maximum atomic E-state index is 11.3. The van der Waals surface area contributed by atoms with E-state index in [-0.39, 0.29) is 0 Å². The second kappa shape index (κ2) is 6.06. The van der Waals surface area contributed by atoms with E-state index in [1.54, 1.807) is 0 Å². The van der Waals surface area contributed by atoms with Crippen molar-refractivity contribution in [3.05, 3.63) is 11.8 Å². The minimum absolute atomic E-state index is 0.299. The Kier molecular flexibility index (Phi) is 4.66. The number of rotatable bonds is 6. The first-order valence-corrected chi connectivity index (χ1v) is 5.22. The number of esters is 1. The summed E-state index contributed by atoms with van der Waals surface area (Å²) in [6.45, 7) is 2.59. The Morgan fingerprint density at radius 1 is 1.53 bits per heavy atom. The molecular weight excluding hydrogens is 194 g/mol. The van der Waals surface area contributed by atoms with Crippen LogP contribution in [-0.4, -0.2) is 22.8 Å². The van der Waals surface area contributed by atoms with Gasteiger partial charge in [-0.05, 0) is 6.42 Å². The third-order valence-electron chi connectivity index (χ3n) is 2.05. The Balaban J connectivity index is 2.19. The van der Waals surface area contributed by atoms with Crippen LogP contribution in [0.15, 0.2) is 6.07 Å². The minimum Gasteiger partial charge on any atom is -0.461 e. The summed E-state index contributed by atoms with van der Waals surface area (Å²) in [5.74, 6) is -0.0939. The number of nitrogen functional groups attached to an aromatic ring is 1. The quantitative estimate of drug-likeness (QED) is 0.554. The van der Waals surface area contributed by atoms with Gasteiger partial charge in [0, 0.05) is 6.07 Å². The molecule has 0 unspecified atom stereocenters. The normalized spacial score (nSPS) is 10.2. The second-order valence-corrected chi connectivity index (χ2v) is 3.40. The van der Waals surface area contributed by atoms with Crippen LogP contribution < -0.4 is 5.73 Å². The molecule has 0 bridgehead atoms. The number of nitrogens with one attached hydrogen (secondary N) is 1. The molecule has 0 aromatic carbocycles. The van der Waals surface area contributed by atoms with Gasteiger partial charge in [0.15, 0.2) is 0 Å². The minimum atomic E-state index is -0.393. The van der Waals surface area contributed by atoms with Gasteiger partial charge in [0.25, 0.3) is 0 Å². The van der Waals surface area contributed by atoms with Gasteiger partial charge in [-0.25, -0.2) is 4.79 Å². The van der Waals surface area contributed by atoms with Crippen molar-refractivity contribution in [2.45, 2.75) is 32.6 Å². The molecule has 0 aliphatic heterocycles. The number of H-pyrrole nitrogens is 1. The zero-order valence-corrected chi connectivity index (χ0v) is 8.95. The standard InChI is InChI=1S/C10H17N3O2/c1-2-3-4-5-6-15-10(14)8-7-9(11)13-12-8/h7H,2-6H2,1H3,(H3,11,12,13). The van der Waals surface area contributed by atoms with Gasteiger partial charge in [0.05, 0.1) is 6.61 Å². The topological polar surface area (TPSA) is 81.0 Å². The molecular formula is C10H17N3O2. The molecule has 0 aliphatic carbocycles. The van der Waals surface area contributed by atoms with E-state index in [0.717, 1.165) is 12.8 Å². The van der Waals surface area contributed by atoms with Crippen LogP contribution in [0.2, 0.25) is 0 Å². The lowest BCUT2D eigenvalue weighted by Crippen LogP contribution is -2.06. The molecule has 0 atom stereocenters. The van der Waals surface area contributed by atoms with Gasteiger partial charge in [0.1, 0.15) is 11.5 Å². The summed E-state index contributed by atoms with van der Waals surface area (Å²) >= 11 is 0. The van der Waals surface area contributed by atoms with Gasteiger partial charge in [-0.2, -0.15) is 5.10 Å². The number of anilines is 1. The highest BCUT2D eigenvalue weighted by molar-refractivity contribution is 5.87. The molecule has 0 saturated heterocycles. The van der Waals surface area contributed by atoms with E-state index in [9.17, 15) is 4.79 Å². The monoisotopic (exact) mass is 211 g/mol. The third kappa shape index (κ3) is 4.01. The highest BCUT2D eigenvalue weighted by Gasteiger charge is 2.09. The lowest BCUT2D eigenvalue weighted by atomic mass is 10.2. The highest BCUT2D eigenvalue weighted by atomic mass is 16.5. The van der Waals surface area contributed by atoms with E-state index in [1.807, 2.05) is 0 Å². The molecule has 84 valence electrons. The van der Waals surface area contributed by atoms with Crippen LogP contribution in [0.4, 0.5) is 5.82 Å². The SMILES string of the molecule is CCCCCCOC(=O)c1cc(N)n[nH]1. The van der Waals surface area contributed by atoms with Crippen molar-refractivity contribution < 1.29 is 9.53 Å². The first-order valence-electron chi connectivity index (χ1n) is 5.22. The summed E-state index contributed by atoms with van der Waals surface area (Å²) in [5, 5.41) is 6.16. The zero-order chi connectivity index (χ0) is 11.1. The van der Waals surface area contributed by atoms with Gasteiger partial charge >= 0.3 is 5.97 Å². The number of unbranched alkanes of at least 4 members (excludes halogenated alkanes) is 3. The maximum Gasteiger partial charge on any atom is 0.356 e. The van der Waals surface area contributed by atoms with Gasteiger partial charge < -0.3 is 10.5 Å². The molecule has 0 spiro atoms. The van der Waals surface area contributed by atoms with Gasteiger partial charge in [-0.15, -0.1) is 0 Å². The van der Waals surface area contributed by atoms with Gasteiger partial charge in [-0.3, -0.25) is 5.10 Å². The highest BCUT2D eigenvalue weighted by Crippen LogP contribution is 2.04. The number of aromatic amines is 1. The molecule has 5 heteroatoms. The Bertz CT molecular complexity index is 309. The van der Waals surface area contributed by atoms with Crippen LogP contribution in [-0.2, 0) is 4.74 Å². The number of carbonyl (C=O) groups is 1. The number of carbonyl (C=O) groups excluding carboxylic acids is 1. The molecule has 0 fully saturated rings. The Hall–Kier alpha value is -1.52. The Labute approximate surface area is 89.0 Å². The van der Waals surface area contributed by atoms with Crippen molar-refractivity contribution in [2.24, 2.45) is 0 Å². The largest absolute Gasteiger partial charge is 0.461 e. The lowest BCUT2D eigenvalue weighted by molar-refractivity contribution is 0.0491. The summed E-state index contributed by atoms with van der Waals surface area (Å²) in [7, 11) is 0. The molecule has 5 nitrogen and oxygen atoms in total. The fraction of sp³-hybridized carbons (Fsp3) is 0.600. The molecule has 0 amide bonds. The third-order valence-corrected chi connectivity index (χ3v) is 2.05. The summed E-state index contributed by atoms with van der Waals surface area (Å²) in [5.41, 5.74) is 5.67. The van der Waals surface area contributed by atoms with Gasteiger partial charge in [-0.1, -0.05) is 26.2 Å². The Morgan fingerprint density at radius 2 is 2.33 bits per heavy atom. The van der Waals surface area contributed by atoms with Crippen molar-refractivity contribution in [2.75, 3.05) is 12.3 Å². The molecule has 3 N–H and O–H groups in total. The molecule has 1 rings (SSSR count). The first kappa shape index (κ1) is 11.6. The van der Waals surface area contributed by atoms with Crippen molar-refractivity contribution in [1.29, 1.82) is 0 Å². The number of hydrogen-bond donors (Lipinski definition) is 2. The molecule has 1 aromatic heterocycles. The molecule has 0 aliphatic rings. The predicted molar refractivity (Wildman–Crippen MR) is 57.4 cm³/mol. The van der Waals surface area contributed by atoms with Crippen LogP contribution in [0, 0.1) is 0 Å². The number of hydrogen-bond acceptors (Lipinski definition) is 4. The summed E-state index contributed by atoms with van der Waals surface area (Å²) in [4.78, 5) is 11.3. The first-order chi connectivity index (χ1) is 7.24. The van der Waals surface area contributed by atoms with E-state index in [4.69, 9.17) is 10.5 Å². The average molecular weight is 211 g/mol. The van der Waals surface area contributed by atoms with Crippen LogP contribution >= 0.6 is 0 Å². The fourth-order valence-electron chi connectivity index (χ4n) is 1.21. The molecule has 15 heavy (non-hydrogen) atoms. The second-order valence-electron chi connectivity index (χ2n) is 3.40. The van der Waals surface area contributed by atoms with Crippen molar-refractivity contribution in [1.82, 2.24) is 10.2 Å². The summed E-state index contributed by atoms with van der Waals surface area (Å²) < 4.78 is 5.02. The van der Waals surface area contributed by atoms with Crippen LogP contribution in [0.5, 0.6) is 0 Å². The average Bonchev–Trinajstić information content (AvgIpc) is 2.64. The van der Waals surface area contributed by atoms with Crippen LogP contribution in [0.25, 0.3) is 0 Å². The van der Waals surface area contributed by atoms with Crippen molar-refractivity contribution in [3.8, 4) is 0 Å². The van der Waals surface area contributed by atoms with E-state index < -0.39 is 5.97 Å². The van der Waals surface area contributed by atoms with E-state index in [0.29, 0.717) is 18.1 Å². The summed E-state index contributed by atoms with van der Waals surface area (Å²) in [6, 6.07) is 1.47. The molecule has 0 saturated carbocycles. The number of nitrogens with two attached hydrogens (primary N) is 1. The van der Waals surface area contributed by atoms with E-state index in [2.05, 4.69) is 17.1 Å². The van der Waals surface area contributed by atoms with Crippen LogP contribution in [0.3, 0.4) is 0 Å². The number of nitrogens with zero attached hydrogens (tertiary/aromatic N) is 1. The number of ether oxygens (including phenoxy) is 1. The van der Waals surface area contributed by atoms with E-state index in [1.165, 1.54) is 18.9 Å². The van der Waals surface area contributed by atoms with Crippen molar-refractivity contribution in [3.63, 3.8) is 0 Å². The summed E-state index contributed by atoms with van der Waals surface area (Å²) in [6.07, 6.45) is 4.34. The van der Waals surface area contributed by atoms with Crippen molar-refractivity contribution >= 4 is 11.8 Å². The maximum absolute atomic E-state index is 11.3. The smallest absolute Gasteiger partial charge is 0.356 e. The van der Waals surface area contributed by atoms with Gasteiger partial charge in [0.2, 0.25) is 0 Å². The predicted octanol–water partition coefficient (Wildman–Crippen LogP) is 1.73. The Morgan fingerprint density at radius 3 is 2.93 bits per heavy atom. The van der Waals surface area contributed by atoms with E-state index >= 15 is 0 Å². The molecule has 1 heterocycles. The number of aromatic nitrogens is 2. The fourth-order valence-corrected chi connectivity index (χ4v) is 1.21. The zero-order valence-electron chi connectivity index (χ0n) is 8.95. The van der Waals surface area contributed by atoms with Crippen LogP contribution in [0.1, 0.15) is 43.1 Å². The lowest BCUT2D eigenvalue weighted by Gasteiger charge is -2.01. The molecule has 1 aromatic rings.